The fourth-order valence-corrected chi connectivity index (χ4v) is 3.36. The van der Waals surface area contributed by atoms with Crippen LogP contribution in [-0.4, -0.2) is 54.9 Å². The van der Waals surface area contributed by atoms with Gasteiger partial charge in [0.25, 0.3) is 5.91 Å². The van der Waals surface area contributed by atoms with Gasteiger partial charge in [0.05, 0.1) is 13.5 Å². The zero-order valence-electron chi connectivity index (χ0n) is 16.0. The first-order chi connectivity index (χ1) is 13.1. The van der Waals surface area contributed by atoms with Gasteiger partial charge in [0.2, 0.25) is 5.91 Å². The van der Waals surface area contributed by atoms with E-state index < -0.39 is 0 Å². The second-order valence-electron chi connectivity index (χ2n) is 6.92. The largest absolute Gasteiger partial charge is 0.497 e. The molecule has 3 rings (SSSR count). The maximum atomic E-state index is 12.7. The van der Waals surface area contributed by atoms with Crippen molar-refractivity contribution in [3.63, 3.8) is 0 Å². The van der Waals surface area contributed by atoms with Gasteiger partial charge in [-0.05, 0) is 43.2 Å². The van der Waals surface area contributed by atoms with Gasteiger partial charge in [0.15, 0.2) is 0 Å². The summed E-state index contributed by atoms with van der Waals surface area (Å²) in [6.45, 7) is 4.50. The minimum Gasteiger partial charge on any atom is -0.497 e. The summed E-state index contributed by atoms with van der Waals surface area (Å²) in [5.74, 6) is 0.930. The van der Waals surface area contributed by atoms with Crippen LogP contribution >= 0.6 is 0 Å². The molecule has 1 saturated heterocycles. The highest BCUT2D eigenvalue weighted by Gasteiger charge is 2.23. The fourth-order valence-electron chi connectivity index (χ4n) is 3.36. The van der Waals surface area contributed by atoms with Gasteiger partial charge in [-0.25, -0.2) is 0 Å². The molecule has 5 heteroatoms. The maximum absolute atomic E-state index is 12.7. The van der Waals surface area contributed by atoms with Crippen LogP contribution in [0.15, 0.2) is 48.5 Å². The van der Waals surface area contributed by atoms with Gasteiger partial charge in [0, 0.05) is 31.7 Å². The molecular formula is C22H26N2O3. The van der Waals surface area contributed by atoms with E-state index in [4.69, 9.17) is 4.74 Å². The normalized spacial score (nSPS) is 14.6. The van der Waals surface area contributed by atoms with Crippen molar-refractivity contribution in [2.24, 2.45) is 0 Å². The first kappa shape index (κ1) is 19.0. The lowest BCUT2D eigenvalue weighted by molar-refractivity contribution is -0.130. The van der Waals surface area contributed by atoms with Gasteiger partial charge >= 0.3 is 0 Å². The summed E-state index contributed by atoms with van der Waals surface area (Å²) < 4.78 is 5.15. The number of rotatable bonds is 4. The van der Waals surface area contributed by atoms with E-state index in [1.165, 1.54) is 0 Å². The average Bonchev–Trinajstić information content (AvgIpc) is 2.94. The molecule has 0 bridgehead atoms. The summed E-state index contributed by atoms with van der Waals surface area (Å²) >= 11 is 0. The molecule has 27 heavy (non-hydrogen) atoms. The van der Waals surface area contributed by atoms with Gasteiger partial charge in [-0.1, -0.05) is 29.8 Å². The number of ether oxygens (including phenoxy) is 1. The lowest BCUT2D eigenvalue weighted by atomic mass is 10.1. The van der Waals surface area contributed by atoms with Gasteiger partial charge in [-0.2, -0.15) is 0 Å². The van der Waals surface area contributed by atoms with Crippen molar-refractivity contribution in [3.05, 3.63) is 65.2 Å². The third kappa shape index (κ3) is 4.88. The van der Waals surface area contributed by atoms with Gasteiger partial charge < -0.3 is 14.5 Å². The predicted octanol–water partition coefficient (Wildman–Crippen LogP) is 2.92. The molecule has 0 aromatic heterocycles. The second-order valence-corrected chi connectivity index (χ2v) is 6.92. The molecule has 142 valence electrons. The van der Waals surface area contributed by atoms with Crippen LogP contribution in [0.5, 0.6) is 5.75 Å². The zero-order chi connectivity index (χ0) is 19.2. The number of carbonyl (C=O) groups is 2. The summed E-state index contributed by atoms with van der Waals surface area (Å²) in [4.78, 5) is 29.1. The Balaban J connectivity index is 1.58. The summed E-state index contributed by atoms with van der Waals surface area (Å²) in [5, 5.41) is 0. The number of hydrogen-bond acceptors (Lipinski definition) is 3. The molecule has 2 aromatic carbocycles. The van der Waals surface area contributed by atoms with E-state index in [2.05, 4.69) is 0 Å². The molecule has 0 radical (unpaired) electrons. The first-order valence-corrected chi connectivity index (χ1v) is 9.33. The second kappa shape index (κ2) is 8.71. The number of nitrogens with zero attached hydrogens (tertiary/aromatic N) is 2. The maximum Gasteiger partial charge on any atom is 0.253 e. The fraction of sp³-hybridized carbons (Fsp3) is 0.364. The summed E-state index contributed by atoms with van der Waals surface area (Å²) in [7, 11) is 1.63. The summed E-state index contributed by atoms with van der Waals surface area (Å²) in [6.07, 6.45) is 1.17. The van der Waals surface area contributed by atoms with Crippen LogP contribution in [-0.2, 0) is 11.2 Å². The highest BCUT2D eigenvalue weighted by atomic mass is 16.5. The van der Waals surface area contributed by atoms with Crippen LogP contribution in [0.4, 0.5) is 0 Å². The van der Waals surface area contributed by atoms with E-state index in [1.807, 2.05) is 65.3 Å². The molecule has 0 saturated carbocycles. The minimum absolute atomic E-state index is 0.0446. The van der Waals surface area contributed by atoms with Crippen molar-refractivity contribution < 1.29 is 14.3 Å². The molecule has 0 spiro atoms. The van der Waals surface area contributed by atoms with Crippen LogP contribution in [0, 0.1) is 6.92 Å². The van der Waals surface area contributed by atoms with Crippen molar-refractivity contribution in [3.8, 4) is 5.75 Å². The number of aryl methyl sites for hydroxylation is 1. The summed E-state index contributed by atoms with van der Waals surface area (Å²) in [6, 6.07) is 15.2. The van der Waals surface area contributed by atoms with Gasteiger partial charge in [-0.3, -0.25) is 9.59 Å². The smallest absolute Gasteiger partial charge is 0.253 e. The zero-order valence-corrected chi connectivity index (χ0v) is 16.0. The Kier molecular flexibility index (Phi) is 6.12. The van der Waals surface area contributed by atoms with E-state index in [9.17, 15) is 9.59 Å². The molecule has 0 aliphatic carbocycles. The Morgan fingerprint density at radius 1 is 0.963 bits per heavy atom. The van der Waals surface area contributed by atoms with Crippen molar-refractivity contribution >= 4 is 11.8 Å². The number of carbonyl (C=O) groups excluding carboxylic acids is 2. The monoisotopic (exact) mass is 366 g/mol. The molecule has 0 N–H and O–H groups in total. The quantitative estimate of drug-likeness (QED) is 0.836. The third-order valence-corrected chi connectivity index (χ3v) is 4.92. The molecule has 1 aliphatic heterocycles. The average molecular weight is 366 g/mol. The van der Waals surface area contributed by atoms with E-state index in [0.717, 1.165) is 23.3 Å². The van der Waals surface area contributed by atoms with Crippen LogP contribution < -0.4 is 4.74 Å². The van der Waals surface area contributed by atoms with Gasteiger partial charge in [0.1, 0.15) is 5.75 Å². The Hall–Kier alpha value is -2.82. The number of benzene rings is 2. The molecule has 0 atom stereocenters. The molecule has 0 unspecified atom stereocenters. The van der Waals surface area contributed by atoms with E-state index >= 15 is 0 Å². The SMILES string of the molecule is COc1ccc(CC(=O)N2CCCN(C(=O)c3cccc(C)c3)CC2)cc1. The Labute approximate surface area is 160 Å². The molecule has 1 fully saturated rings. The van der Waals surface area contributed by atoms with Crippen molar-refractivity contribution in [2.45, 2.75) is 19.8 Å². The van der Waals surface area contributed by atoms with E-state index in [-0.39, 0.29) is 11.8 Å². The van der Waals surface area contributed by atoms with E-state index in [0.29, 0.717) is 38.2 Å². The Morgan fingerprint density at radius 2 is 1.67 bits per heavy atom. The van der Waals surface area contributed by atoms with Crippen LogP contribution in [0.1, 0.15) is 27.9 Å². The van der Waals surface area contributed by atoms with E-state index in [1.54, 1.807) is 7.11 Å². The first-order valence-electron chi connectivity index (χ1n) is 9.33. The highest BCUT2D eigenvalue weighted by molar-refractivity contribution is 5.94. The van der Waals surface area contributed by atoms with Crippen LogP contribution in [0.25, 0.3) is 0 Å². The van der Waals surface area contributed by atoms with Gasteiger partial charge in [-0.15, -0.1) is 0 Å². The molecule has 5 nitrogen and oxygen atoms in total. The lowest BCUT2D eigenvalue weighted by Crippen LogP contribution is -2.38. The number of hydrogen-bond donors (Lipinski definition) is 0. The lowest BCUT2D eigenvalue weighted by Gasteiger charge is -2.22. The number of methoxy groups -OCH3 is 1. The third-order valence-electron chi connectivity index (χ3n) is 4.92. The molecule has 2 aromatic rings. The van der Waals surface area contributed by atoms with Crippen molar-refractivity contribution in [2.75, 3.05) is 33.3 Å². The minimum atomic E-state index is 0.0446. The molecular weight excluding hydrogens is 340 g/mol. The summed E-state index contributed by atoms with van der Waals surface area (Å²) in [5.41, 5.74) is 2.76. The molecule has 1 aliphatic rings. The standard InChI is InChI=1S/C22H26N2O3/c1-17-5-3-6-19(15-17)22(26)24-12-4-11-23(13-14-24)21(25)16-18-7-9-20(27-2)10-8-18/h3,5-10,15H,4,11-14,16H2,1-2H3. The Bertz CT molecular complexity index is 801. The predicted molar refractivity (Wildman–Crippen MR) is 105 cm³/mol. The highest BCUT2D eigenvalue weighted by Crippen LogP contribution is 2.14. The van der Waals surface area contributed by atoms with Crippen molar-refractivity contribution in [1.29, 1.82) is 0 Å². The molecule has 1 heterocycles. The van der Waals surface area contributed by atoms with Crippen LogP contribution in [0.3, 0.4) is 0 Å². The van der Waals surface area contributed by atoms with Crippen LogP contribution in [0.2, 0.25) is 0 Å². The molecule has 2 amide bonds. The van der Waals surface area contributed by atoms with Crippen molar-refractivity contribution in [1.82, 2.24) is 9.80 Å². The number of amides is 2. The Morgan fingerprint density at radius 3 is 2.37 bits per heavy atom. The topological polar surface area (TPSA) is 49.9 Å².